The van der Waals surface area contributed by atoms with E-state index in [9.17, 15) is 9.59 Å². The molecule has 0 bridgehead atoms. The molecular weight excluding hydrogens is 1040 g/mol. The number of nitrogens with zero attached hydrogens (tertiary/aromatic N) is 6. The lowest BCUT2D eigenvalue weighted by atomic mass is 9.87. The summed E-state index contributed by atoms with van der Waals surface area (Å²) in [6.45, 7) is 6.61. The van der Waals surface area contributed by atoms with Crippen LogP contribution in [0, 0.1) is 5.92 Å². The molecule has 2 heterocycles. The molecule has 4 aromatic carbocycles. The second-order valence-corrected chi connectivity index (χ2v) is 22.2. The molecule has 0 radical (unpaired) electrons. The van der Waals surface area contributed by atoms with E-state index in [2.05, 4.69) is 37.0 Å². The minimum absolute atomic E-state index is 0.0609. The molecule has 422 valence electrons. The van der Waals surface area contributed by atoms with Crippen molar-refractivity contribution in [3.63, 3.8) is 0 Å². The maximum absolute atomic E-state index is 15.7. The van der Waals surface area contributed by atoms with Gasteiger partial charge in [-0.15, -0.1) is 0 Å². The van der Waals surface area contributed by atoms with E-state index >= 15 is 14.4 Å². The van der Waals surface area contributed by atoms with Gasteiger partial charge < -0.3 is 49.6 Å². The van der Waals surface area contributed by atoms with E-state index < -0.39 is 41.8 Å². The van der Waals surface area contributed by atoms with E-state index in [1.807, 2.05) is 101 Å². The summed E-state index contributed by atoms with van der Waals surface area (Å²) in [5, 5.41) is 10.5. The summed E-state index contributed by atoms with van der Waals surface area (Å²) < 4.78 is 14.3. The molecule has 5 amide bonds. The standard InChI is InChI=1S/C61H77Cl2N9O7/c1-40(2)64-30-14-19-53-59(75)67-51(39-78-8)61(77)69(5)48(32-42-20-25-46(62)26-21-42)35-57(73)66-50-17-12-13-18-52(50)71(7)60(76)45(31-41-15-10-9-11-16-41)33-58(74)72(53)37-44-22-27-47(63)34-55(44)79-49-28-23-43(24-29-49)54-36-65-56(70(54)6)38-68(3)4/h9-11,15-16,20-29,34,36,45,48,50-53,64H,1,12-14,17-19,30-33,35,37-39H2,2-8H3,(H,66,73)(H,67,75)/t45-,48+,50+,51+,52+,53+/m1/s1. The fourth-order valence-electron chi connectivity index (χ4n) is 10.7. The van der Waals surface area contributed by atoms with Gasteiger partial charge in [-0.05, 0) is 119 Å². The second kappa shape index (κ2) is 28.4. The number of halogens is 2. The molecule has 16 nitrogen and oxygen atoms in total. The van der Waals surface area contributed by atoms with Crippen LogP contribution in [-0.4, -0.2) is 137 Å². The van der Waals surface area contributed by atoms with Crippen molar-refractivity contribution in [3.8, 4) is 22.8 Å². The number of ether oxygens (including phenoxy) is 2. The van der Waals surface area contributed by atoms with Crippen LogP contribution in [0.25, 0.3) is 11.3 Å². The smallest absolute Gasteiger partial charge is 0.247 e. The average molecular weight is 1120 g/mol. The zero-order chi connectivity index (χ0) is 56.8. The molecule has 18 heteroatoms. The summed E-state index contributed by atoms with van der Waals surface area (Å²) in [6.07, 6.45) is 5.60. The summed E-state index contributed by atoms with van der Waals surface area (Å²) in [7, 11) is 10.8. The molecule has 2 aliphatic rings. The molecule has 6 atom stereocenters. The number of fused-ring (bicyclic) bond motifs is 1. The Morgan fingerprint density at radius 3 is 2.22 bits per heavy atom. The Morgan fingerprint density at radius 1 is 0.823 bits per heavy atom. The molecule has 1 aliphatic heterocycles. The molecule has 5 aromatic rings. The number of imidazole rings is 1. The zero-order valence-electron chi connectivity index (χ0n) is 46.7. The first-order valence-corrected chi connectivity index (χ1v) is 28.0. The molecule has 1 saturated carbocycles. The van der Waals surface area contributed by atoms with Gasteiger partial charge in [-0.25, -0.2) is 4.98 Å². The minimum Gasteiger partial charge on any atom is -0.457 e. The number of hydrogen-bond donors (Lipinski definition) is 3. The fraction of sp³-hybridized carbons (Fsp3) is 0.443. The number of hydrogen-bond acceptors (Lipinski definition) is 10. The Labute approximate surface area is 475 Å². The molecular formula is C61H77Cl2N9O7. The molecule has 7 rings (SSSR count). The van der Waals surface area contributed by atoms with Crippen molar-refractivity contribution in [1.29, 1.82) is 0 Å². The van der Waals surface area contributed by atoms with Crippen LogP contribution in [0.5, 0.6) is 11.5 Å². The van der Waals surface area contributed by atoms with E-state index in [0.29, 0.717) is 65.9 Å². The van der Waals surface area contributed by atoms with E-state index in [0.717, 1.165) is 46.7 Å². The number of carbonyl (C=O) groups excluding carboxylic acids is 5. The Balaban J connectivity index is 1.32. The molecule has 1 saturated heterocycles. The maximum atomic E-state index is 15.7. The van der Waals surface area contributed by atoms with Crippen molar-refractivity contribution in [3.05, 3.63) is 148 Å². The van der Waals surface area contributed by atoms with E-state index in [1.54, 1.807) is 49.3 Å². The lowest BCUT2D eigenvalue weighted by Gasteiger charge is -2.40. The van der Waals surface area contributed by atoms with Gasteiger partial charge in [0.1, 0.15) is 29.4 Å². The van der Waals surface area contributed by atoms with Gasteiger partial charge in [-0.1, -0.05) is 91.2 Å². The van der Waals surface area contributed by atoms with Crippen LogP contribution in [0.4, 0.5) is 0 Å². The highest BCUT2D eigenvalue weighted by atomic mass is 35.5. The molecule has 2 fully saturated rings. The Kier molecular flexibility index (Phi) is 21.6. The SMILES string of the molecule is C=C(C)NCCC[C@H]1C(=O)N[C@@H](COC)C(=O)N(C)[C@@H](Cc2ccc(Cl)cc2)CC(=O)N[C@H]2CCCC[C@@H]2N(C)C(=O)[C@H](Cc2ccccc2)CC(=O)N1Cc1ccc(Cl)cc1Oc1ccc(-c2cnc(CN(C)C)n2C)cc1. The first-order chi connectivity index (χ1) is 37.9. The van der Waals surface area contributed by atoms with Gasteiger partial charge in [0.2, 0.25) is 29.5 Å². The number of aromatic nitrogens is 2. The molecule has 79 heavy (non-hydrogen) atoms. The van der Waals surface area contributed by atoms with Crippen LogP contribution in [0.1, 0.15) is 80.8 Å². The predicted octanol–water partition coefficient (Wildman–Crippen LogP) is 8.59. The van der Waals surface area contributed by atoms with Crippen molar-refractivity contribution in [2.75, 3.05) is 48.5 Å². The van der Waals surface area contributed by atoms with Crippen LogP contribution in [-0.2, 0) is 61.7 Å². The Hall–Kier alpha value is -6.72. The third kappa shape index (κ3) is 16.4. The number of carbonyl (C=O) groups is 5. The monoisotopic (exact) mass is 1120 g/mol. The van der Waals surface area contributed by atoms with Gasteiger partial charge in [-0.2, -0.15) is 0 Å². The van der Waals surface area contributed by atoms with Crippen molar-refractivity contribution >= 4 is 52.7 Å². The highest BCUT2D eigenvalue weighted by molar-refractivity contribution is 6.31. The summed E-state index contributed by atoms with van der Waals surface area (Å²) in [4.78, 5) is 87.2. The molecule has 0 unspecified atom stereocenters. The van der Waals surface area contributed by atoms with E-state index in [-0.39, 0.29) is 62.7 Å². The van der Waals surface area contributed by atoms with Crippen molar-refractivity contribution in [2.24, 2.45) is 13.0 Å². The first kappa shape index (κ1) is 59.9. The van der Waals surface area contributed by atoms with Crippen LogP contribution in [0.15, 0.2) is 116 Å². The quantitative estimate of drug-likeness (QED) is 0.0723. The van der Waals surface area contributed by atoms with Gasteiger partial charge in [0, 0.05) is 86.6 Å². The minimum atomic E-state index is -1.22. The Morgan fingerprint density at radius 2 is 1.52 bits per heavy atom. The van der Waals surface area contributed by atoms with Crippen LogP contribution in [0.2, 0.25) is 10.0 Å². The number of allylic oxidation sites excluding steroid dienone is 1. The average Bonchev–Trinajstić information content (AvgIpc) is 3.80. The Bertz CT molecular complexity index is 2880. The van der Waals surface area contributed by atoms with Gasteiger partial charge in [0.05, 0.1) is 43.5 Å². The van der Waals surface area contributed by atoms with E-state index in [4.69, 9.17) is 32.7 Å². The van der Waals surface area contributed by atoms with Gasteiger partial charge in [-0.3, -0.25) is 24.0 Å². The van der Waals surface area contributed by atoms with Gasteiger partial charge in [0.15, 0.2) is 0 Å². The van der Waals surface area contributed by atoms with Crippen LogP contribution >= 0.6 is 23.2 Å². The fourth-order valence-corrected chi connectivity index (χ4v) is 11.0. The number of methoxy groups -OCH3 is 1. The summed E-state index contributed by atoms with van der Waals surface area (Å²) >= 11 is 13.0. The largest absolute Gasteiger partial charge is 0.457 e. The van der Waals surface area contributed by atoms with Crippen molar-refractivity contribution in [2.45, 2.75) is 114 Å². The normalized spacial score (nSPS) is 21.0. The number of benzene rings is 4. The first-order valence-electron chi connectivity index (χ1n) is 27.2. The second-order valence-electron chi connectivity index (χ2n) is 21.3. The summed E-state index contributed by atoms with van der Waals surface area (Å²) in [5.41, 5.74) is 4.85. The van der Waals surface area contributed by atoms with Crippen LogP contribution < -0.4 is 20.7 Å². The molecule has 1 aliphatic carbocycles. The van der Waals surface area contributed by atoms with Gasteiger partial charge >= 0.3 is 0 Å². The molecule has 3 N–H and O–H groups in total. The van der Waals surface area contributed by atoms with Crippen molar-refractivity contribution in [1.82, 2.24) is 45.1 Å². The highest BCUT2D eigenvalue weighted by Gasteiger charge is 2.40. The van der Waals surface area contributed by atoms with Crippen LogP contribution in [0.3, 0.4) is 0 Å². The number of likely N-dealkylation sites (N-methyl/N-ethyl adjacent to an activating group) is 2. The maximum Gasteiger partial charge on any atom is 0.247 e. The third-order valence-corrected chi connectivity index (χ3v) is 15.5. The molecule has 0 spiro atoms. The highest BCUT2D eigenvalue weighted by Crippen LogP contribution is 2.34. The third-order valence-electron chi connectivity index (χ3n) is 15.0. The number of rotatable bonds is 18. The number of nitrogens with one attached hydrogen (secondary N) is 3. The lowest BCUT2D eigenvalue weighted by Crippen LogP contribution is -2.59. The van der Waals surface area contributed by atoms with Crippen molar-refractivity contribution < 1.29 is 33.4 Å². The zero-order valence-corrected chi connectivity index (χ0v) is 48.2. The summed E-state index contributed by atoms with van der Waals surface area (Å²) in [6, 6.07) is 25.8. The molecule has 1 aromatic heterocycles. The van der Waals surface area contributed by atoms with Gasteiger partial charge in [0.25, 0.3) is 0 Å². The topological polar surface area (TPSA) is 171 Å². The van der Waals surface area contributed by atoms with E-state index in [1.165, 1.54) is 16.9 Å². The predicted molar refractivity (Wildman–Crippen MR) is 309 cm³/mol. The number of amides is 5. The lowest BCUT2D eigenvalue weighted by molar-refractivity contribution is -0.148. The summed E-state index contributed by atoms with van der Waals surface area (Å²) in [5.74, 6) is -1.17.